The van der Waals surface area contributed by atoms with Gasteiger partial charge in [0.2, 0.25) is 5.95 Å². The molecule has 5 rings (SSSR count). The van der Waals surface area contributed by atoms with E-state index in [1.807, 2.05) is 67.8 Å². The van der Waals surface area contributed by atoms with Gasteiger partial charge < -0.3 is 28.8 Å². The first kappa shape index (κ1) is 26.9. The van der Waals surface area contributed by atoms with Gasteiger partial charge in [-0.25, -0.2) is 9.78 Å². The van der Waals surface area contributed by atoms with Gasteiger partial charge >= 0.3 is 6.09 Å². The third-order valence-corrected chi connectivity index (χ3v) is 7.34. The molecule has 1 atom stereocenters. The number of para-hydroxylation sites is 1. The van der Waals surface area contributed by atoms with Gasteiger partial charge in [-0.2, -0.15) is 0 Å². The molecule has 2 aromatic carbocycles. The topological polar surface area (TPSA) is 90.6 Å². The molecule has 0 unspecified atom stereocenters. The first-order valence-electron chi connectivity index (χ1n) is 13.1. The minimum atomic E-state index is -0.580. The smallest absolute Gasteiger partial charge is 0.407 e. The number of imidazole rings is 1. The second-order valence-electron chi connectivity index (χ2n) is 10.9. The summed E-state index contributed by atoms with van der Waals surface area (Å²) in [5.41, 5.74) is 1.92. The number of benzene rings is 2. The number of piperidine rings is 1. The first-order chi connectivity index (χ1) is 18.6. The summed E-state index contributed by atoms with van der Waals surface area (Å²) in [6, 6.07) is 13.2. The van der Waals surface area contributed by atoms with Crippen LogP contribution in [0, 0.1) is 0 Å². The number of pyridine rings is 1. The van der Waals surface area contributed by atoms with Gasteiger partial charge in [0.25, 0.3) is 5.56 Å². The summed E-state index contributed by atoms with van der Waals surface area (Å²) in [5.74, 6) is 1.27. The zero-order valence-corrected chi connectivity index (χ0v) is 23.7. The Balaban J connectivity index is 1.64. The molecule has 0 spiro atoms. The lowest BCUT2D eigenvalue weighted by Crippen LogP contribution is -2.49. The number of aromatic nitrogens is 3. The van der Waals surface area contributed by atoms with Crippen LogP contribution in [0.3, 0.4) is 0 Å². The van der Waals surface area contributed by atoms with Crippen LogP contribution in [0.15, 0.2) is 47.3 Å². The number of hydrogen-bond acceptors (Lipinski definition) is 6. The van der Waals surface area contributed by atoms with Gasteiger partial charge in [0.05, 0.1) is 19.2 Å². The largest absolute Gasteiger partial charge is 0.495 e. The van der Waals surface area contributed by atoms with E-state index in [-0.39, 0.29) is 11.6 Å². The van der Waals surface area contributed by atoms with Gasteiger partial charge in [-0.3, -0.25) is 4.79 Å². The number of ether oxygens (including phenoxy) is 2. The Morgan fingerprint density at radius 3 is 2.64 bits per heavy atom. The Bertz CT molecular complexity index is 1600. The molecule has 9 nitrogen and oxygen atoms in total. The quantitative estimate of drug-likeness (QED) is 0.371. The number of fused-ring (bicyclic) bond motifs is 3. The molecule has 0 aliphatic carbocycles. The van der Waals surface area contributed by atoms with Gasteiger partial charge in [0.15, 0.2) is 0 Å². The lowest BCUT2D eigenvalue weighted by molar-refractivity contribution is 0.0499. The number of alkyl carbamates (subject to hydrolysis) is 1. The number of carbonyl (C=O) groups excluding carboxylic acids is 1. The summed E-state index contributed by atoms with van der Waals surface area (Å²) < 4.78 is 14.6. The SMILES string of the molecule is COc1cccc2c3nc(N4CCC[C@@H](NC(=O)OC(C)(C)C)C4)n(Cc4ccccc4Cl)c3c(=O)n(C)c12. The highest BCUT2D eigenvalue weighted by molar-refractivity contribution is 6.31. The maximum Gasteiger partial charge on any atom is 0.407 e. The van der Waals surface area contributed by atoms with Crippen LogP contribution in [0.4, 0.5) is 10.7 Å². The molecule has 0 saturated carbocycles. The zero-order valence-electron chi connectivity index (χ0n) is 23.0. The van der Waals surface area contributed by atoms with E-state index in [4.69, 9.17) is 26.1 Å². The van der Waals surface area contributed by atoms with Crippen LogP contribution in [0.1, 0.15) is 39.2 Å². The standard InChI is InChI=1S/C29H34ClN5O4/c1-29(2,3)39-28(37)31-19-11-9-15-34(17-19)27-32-23-20-12-8-14-22(38-5)24(20)33(4)26(36)25(23)35(27)16-18-10-6-7-13-21(18)30/h6-8,10,12-14,19H,9,11,15-17H2,1-5H3,(H,31,37)/t19-/m1/s1. The molecule has 1 N–H and O–H groups in total. The van der Waals surface area contributed by atoms with Gasteiger partial charge in [-0.15, -0.1) is 0 Å². The molecular formula is C29H34ClN5O4. The van der Waals surface area contributed by atoms with Crippen molar-refractivity contribution in [3.63, 3.8) is 0 Å². The zero-order chi connectivity index (χ0) is 27.9. The van der Waals surface area contributed by atoms with Crippen LogP contribution < -0.4 is 20.5 Å². The van der Waals surface area contributed by atoms with Crippen LogP contribution >= 0.6 is 11.6 Å². The van der Waals surface area contributed by atoms with Gasteiger partial charge in [0.1, 0.15) is 22.4 Å². The average molecular weight is 552 g/mol. The van der Waals surface area contributed by atoms with Crippen molar-refractivity contribution in [3.05, 3.63) is 63.4 Å². The van der Waals surface area contributed by atoms with E-state index >= 15 is 0 Å². The third-order valence-electron chi connectivity index (χ3n) is 6.98. The molecule has 39 heavy (non-hydrogen) atoms. The highest BCUT2D eigenvalue weighted by Crippen LogP contribution is 2.33. The summed E-state index contributed by atoms with van der Waals surface area (Å²) in [6.45, 7) is 7.17. The number of halogens is 1. The van der Waals surface area contributed by atoms with E-state index in [9.17, 15) is 9.59 Å². The predicted octanol–water partition coefficient (Wildman–Crippen LogP) is 5.09. The number of nitrogens with one attached hydrogen (secondary N) is 1. The lowest BCUT2D eigenvalue weighted by atomic mass is 10.1. The second kappa shape index (κ2) is 10.4. The molecule has 206 valence electrons. The van der Waals surface area contributed by atoms with E-state index in [0.717, 1.165) is 30.3 Å². The van der Waals surface area contributed by atoms with Crippen molar-refractivity contribution in [1.82, 2.24) is 19.4 Å². The minimum absolute atomic E-state index is 0.123. The summed E-state index contributed by atoms with van der Waals surface area (Å²) >= 11 is 6.56. The predicted molar refractivity (Wildman–Crippen MR) is 154 cm³/mol. The molecule has 0 bridgehead atoms. The number of aryl methyl sites for hydroxylation is 1. The van der Waals surface area contributed by atoms with Crippen LogP contribution in [-0.2, 0) is 18.3 Å². The molecule has 1 saturated heterocycles. The molecule has 3 heterocycles. The number of rotatable bonds is 5. The highest BCUT2D eigenvalue weighted by Gasteiger charge is 2.29. The van der Waals surface area contributed by atoms with Crippen LogP contribution in [-0.4, -0.2) is 52.1 Å². The maximum absolute atomic E-state index is 13.9. The maximum atomic E-state index is 13.9. The van der Waals surface area contributed by atoms with E-state index in [2.05, 4.69) is 10.2 Å². The number of carbonyl (C=O) groups is 1. The normalized spacial score (nSPS) is 16.1. The Morgan fingerprint density at radius 1 is 1.15 bits per heavy atom. The number of nitrogens with zero attached hydrogens (tertiary/aromatic N) is 4. The second-order valence-corrected chi connectivity index (χ2v) is 11.3. The van der Waals surface area contributed by atoms with Crippen molar-refractivity contribution in [2.24, 2.45) is 7.05 Å². The number of anilines is 1. The van der Waals surface area contributed by atoms with Crippen molar-refractivity contribution in [1.29, 1.82) is 0 Å². The molecule has 1 aliphatic heterocycles. The highest BCUT2D eigenvalue weighted by atomic mass is 35.5. The number of hydrogen-bond donors (Lipinski definition) is 1. The Kier molecular flexibility index (Phi) is 7.20. The molecule has 10 heteroatoms. The minimum Gasteiger partial charge on any atom is -0.495 e. The molecule has 1 amide bonds. The number of methoxy groups -OCH3 is 1. The fraction of sp³-hybridized carbons (Fsp3) is 0.414. The van der Waals surface area contributed by atoms with E-state index in [1.54, 1.807) is 18.7 Å². The summed E-state index contributed by atoms with van der Waals surface area (Å²) in [7, 11) is 3.34. The molecule has 1 fully saturated rings. The van der Waals surface area contributed by atoms with Crippen molar-refractivity contribution in [2.45, 2.75) is 51.8 Å². The van der Waals surface area contributed by atoms with Gasteiger partial charge in [0, 0.05) is 36.6 Å². The Hall–Kier alpha value is -3.72. The summed E-state index contributed by atoms with van der Waals surface area (Å²) in [4.78, 5) is 33.6. The third kappa shape index (κ3) is 5.28. The molecule has 4 aromatic rings. The Morgan fingerprint density at radius 2 is 1.92 bits per heavy atom. The van der Waals surface area contributed by atoms with Crippen LogP contribution in [0.2, 0.25) is 5.02 Å². The monoisotopic (exact) mass is 551 g/mol. The molecule has 0 radical (unpaired) electrons. The van der Waals surface area contributed by atoms with Crippen molar-refractivity contribution in [2.75, 3.05) is 25.1 Å². The fourth-order valence-electron chi connectivity index (χ4n) is 5.27. The van der Waals surface area contributed by atoms with E-state index in [1.165, 1.54) is 0 Å². The average Bonchev–Trinajstić information content (AvgIpc) is 3.26. The Labute approximate surface area is 232 Å². The first-order valence-corrected chi connectivity index (χ1v) is 13.5. The van der Waals surface area contributed by atoms with E-state index in [0.29, 0.717) is 46.4 Å². The number of amides is 1. The van der Waals surface area contributed by atoms with Crippen molar-refractivity contribution >= 4 is 45.6 Å². The fourth-order valence-corrected chi connectivity index (χ4v) is 5.46. The summed E-state index contributed by atoms with van der Waals surface area (Å²) in [6.07, 6.45) is 1.23. The van der Waals surface area contributed by atoms with E-state index < -0.39 is 11.7 Å². The van der Waals surface area contributed by atoms with Crippen LogP contribution in [0.25, 0.3) is 21.9 Å². The van der Waals surface area contributed by atoms with Gasteiger partial charge in [-0.1, -0.05) is 41.9 Å². The van der Waals surface area contributed by atoms with Crippen LogP contribution in [0.5, 0.6) is 5.75 Å². The van der Waals surface area contributed by atoms with Crippen molar-refractivity contribution < 1.29 is 14.3 Å². The summed E-state index contributed by atoms with van der Waals surface area (Å²) in [5, 5.41) is 4.45. The molecule has 1 aliphatic rings. The van der Waals surface area contributed by atoms with Gasteiger partial charge in [-0.05, 0) is 51.3 Å². The lowest BCUT2D eigenvalue weighted by Gasteiger charge is -2.34. The molecular weight excluding hydrogens is 518 g/mol. The molecule has 2 aromatic heterocycles. The van der Waals surface area contributed by atoms with Crippen molar-refractivity contribution in [3.8, 4) is 5.75 Å².